The molecule has 0 N–H and O–H groups in total. The van der Waals surface area contributed by atoms with Crippen molar-refractivity contribution in [3.63, 3.8) is 0 Å². The summed E-state index contributed by atoms with van der Waals surface area (Å²) in [5.41, 5.74) is 3.05. The molecule has 156 valence electrons. The zero-order valence-electron chi connectivity index (χ0n) is 16.9. The number of unbranched alkanes of at least 4 members (excludes halogenated alkanes) is 1. The van der Waals surface area contributed by atoms with E-state index >= 15 is 0 Å². The Bertz CT molecular complexity index is 1320. The van der Waals surface area contributed by atoms with Crippen LogP contribution >= 0.6 is 38.9 Å². The monoisotopic (exact) mass is 511 g/mol. The molecule has 0 radical (unpaired) electrons. The van der Waals surface area contributed by atoms with Crippen molar-refractivity contribution in [1.29, 1.82) is 5.26 Å². The van der Waals surface area contributed by atoms with Gasteiger partial charge in [-0.1, -0.05) is 49.2 Å². The Balaban J connectivity index is 1.76. The van der Waals surface area contributed by atoms with Gasteiger partial charge in [-0.2, -0.15) is 5.26 Å². The number of aryl methyl sites for hydroxylation is 1. The highest BCUT2D eigenvalue weighted by Crippen LogP contribution is 2.43. The van der Waals surface area contributed by atoms with Gasteiger partial charge < -0.3 is 4.57 Å². The van der Waals surface area contributed by atoms with Crippen LogP contribution in [0.2, 0.25) is 5.15 Å². The number of carbonyl (C=O) groups excluding carboxylic acids is 1. The van der Waals surface area contributed by atoms with Gasteiger partial charge in [-0.25, -0.2) is 4.98 Å². The van der Waals surface area contributed by atoms with Gasteiger partial charge in [0.15, 0.2) is 11.4 Å². The fourth-order valence-electron chi connectivity index (χ4n) is 3.64. The summed E-state index contributed by atoms with van der Waals surface area (Å²) in [4.78, 5) is 17.1. The third kappa shape index (κ3) is 4.18. The summed E-state index contributed by atoms with van der Waals surface area (Å²) in [6, 6.07) is 16.2. The maximum absolute atomic E-state index is 11.6. The second-order valence-corrected chi connectivity index (χ2v) is 9.45. The Morgan fingerprint density at radius 3 is 2.84 bits per heavy atom. The minimum absolute atomic E-state index is 0.259. The molecule has 7 heteroatoms. The van der Waals surface area contributed by atoms with Crippen LogP contribution in [-0.2, 0) is 13.0 Å². The lowest BCUT2D eigenvalue weighted by Gasteiger charge is -2.10. The van der Waals surface area contributed by atoms with Gasteiger partial charge in [0, 0.05) is 33.1 Å². The first kappa shape index (κ1) is 21.8. The maximum Gasteiger partial charge on any atom is 0.169 e. The molecule has 0 bridgehead atoms. The smallest absolute Gasteiger partial charge is 0.169 e. The first-order valence-corrected chi connectivity index (χ1v) is 12.0. The number of rotatable bonds is 7. The van der Waals surface area contributed by atoms with Crippen molar-refractivity contribution < 1.29 is 4.79 Å². The minimum Gasteiger partial charge on any atom is -0.320 e. The number of hydrogen-bond acceptors (Lipinski definition) is 4. The van der Waals surface area contributed by atoms with Gasteiger partial charge in [0.1, 0.15) is 11.5 Å². The summed E-state index contributed by atoms with van der Waals surface area (Å²) < 4.78 is 4.02. The first-order chi connectivity index (χ1) is 15.1. The highest BCUT2D eigenvalue weighted by Gasteiger charge is 2.18. The van der Waals surface area contributed by atoms with E-state index in [0.717, 1.165) is 61.9 Å². The number of nitrogens with zero attached hydrogens (tertiary/aromatic N) is 3. The predicted octanol–water partition coefficient (Wildman–Crippen LogP) is 7.26. The lowest BCUT2D eigenvalue weighted by atomic mass is 10.1. The predicted molar refractivity (Wildman–Crippen MR) is 130 cm³/mol. The van der Waals surface area contributed by atoms with Crippen molar-refractivity contribution in [2.45, 2.75) is 32.7 Å². The fraction of sp³-hybridized carbons (Fsp3) is 0.208. The topological polar surface area (TPSA) is 58.7 Å². The van der Waals surface area contributed by atoms with Crippen LogP contribution in [0.5, 0.6) is 0 Å². The number of imidazole rings is 1. The molecule has 2 aromatic heterocycles. The summed E-state index contributed by atoms with van der Waals surface area (Å²) >= 11 is 11.6. The number of thiophene rings is 1. The molecule has 4 rings (SSSR count). The van der Waals surface area contributed by atoms with E-state index in [9.17, 15) is 10.1 Å². The molecule has 0 aliphatic heterocycles. The minimum atomic E-state index is 0.259. The highest BCUT2D eigenvalue weighted by molar-refractivity contribution is 9.10. The van der Waals surface area contributed by atoms with E-state index in [-0.39, 0.29) is 5.15 Å². The zero-order valence-corrected chi connectivity index (χ0v) is 20.0. The van der Waals surface area contributed by atoms with E-state index in [1.54, 1.807) is 11.3 Å². The van der Waals surface area contributed by atoms with Crippen molar-refractivity contribution in [3.05, 3.63) is 74.7 Å². The normalized spacial score (nSPS) is 11.0. The highest BCUT2D eigenvalue weighted by atomic mass is 79.9. The lowest BCUT2D eigenvalue weighted by Crippen LogP contribution is -2.08. The Hall–Kier alpha value is -2.46. The van der Waals surface area contributed by atoms with Crippen molar-refractivity contribution in [2.24, 2.45) is 0 Å². The van der Waals surface area contributed by atoms with Gasteiger partial charge in [-0.15, -0.1) is 11.3 Å². The van der Waals surface area contributed by atoms with Gasteiger partial charge in [0.05, 0.1) is 16.5 Å². The lowest BCUT2D eigenvalue weighted by molar-refractivity contribution is 0.111. The number of nitriles is 1. The quantitative estimate of drug-likeness (QED) is 0.245. The van der Waals surface area contributed by atoms with E-state index in [4.69, 9.17) is 11.6 Å². The van der Waals surface area contributed by atoms with Crippen molar-refractivity contribution in [2.75, 3.05) is 0 Å². The largest absolute Gasteiger partial charge is 0.320 e. The summed E-state index contributed by atoms with van der Waals surface area (Å²) in [5.74, 6) is 0.835. The Morgan fingerprint density at radius 1 is 1.29 bits per heavy atom. The SMILES string of the molecule is CCCCc1nc(Cl)c(C=O)n1Cc1ccc2sc(-c3ccccc3C#N)c(Br)c2c1. The second-order valence-electron chi connectivity index (χ2n) is 7.24. The van der Waals surface area contributed by atoms with Crippen LogP contribution in [0, 0.1) is 11.3 Å². The van der Waals surface area contributed by atoms with Crippen LogP contribution in [0.1, 0.15) is 47.2 Å². The van der Waals surface area contributed by atoms with Crippen molar-refractivity contribution >= 4 is 55.2 Å². The molecule has 0 unspecified atom stereocenters. The van der Waals surface area contributed by atoms with E-state index in [2.05, 4.69) is 52.1 Å². The van der Waals surface area contributed by atoms with Crippen molar-refractivity contribution in [1.82, 2.24) is 9.55 Å². The molecule has 0 fully saturated rings. The van der Waals surface area contributed by atoms with Crippen LogP contribution in [0.3, 0.4) is 0 Å². The maximum atomic E-state index is 11.6. The molecule has 0 spiro atoms. The molecule has 0 atom stereocenters. The van der Waals surface area contributed by atoms with E-state index in [0.29, 0.717) is 17.8 Å². The molecular formula is C24H19BrClN3OS. The standard InChI is InChI=1S/C24H19BrClN3OS/c1-2-3-8-21-28-24(26)19(14-30)29(21)13-15-9-10-20-18(11-15)22(25)23(31-20)17-7-5-4-6-16(17)12-27/h4-7,9-11,14H,2-3,8,13H2,1H3. The Kier molecular flexibility index (Phi) is 6.57. The summed E-state index contributed by atoms with van der Waals surface area (Å²) in [5, 5.41) is 10.8. The number of carbonyl (C=O) groups is 1. The molecule has 4 nitrogen and oxygen atoms in total. The third-order valence-electron chi connectivity index (χ3n) is 5.23. The van der Waals surface area contributed by atoms with Crippen LogP contribution < -0.4 is 0 Å². The fourth-order valence-corrected chi connectivity index (χ4v) is 5.92. The molecule has 0 saturated heterocycles. The van der Waals surface area contributed by atoms with Gasteiger partial charge in [0.25, 0.3) is 0 Å². The van der Waals surface area contributed by atoms with Gasteiger partial charge in [-0.3, -0.25) is 4.79 Å². The van der Waals surface area contributed by atoms with Crippen LogP contribution in [0.15, 0.2) is 46.9 Å². The molecule has 0 amide bonds. The van der Waals surface area contributed by atoms with E-state index in [1.807, 2.05) is 28.8 Å². The van der Waals surface area contributed by atoms with Crippen LogP contribution in [0.25, 0.3) is 20.5 Å². The number of benzene rings is 2. The number of hydrogen-bond donors (Lipinski definition) is 0. The summed E-state index contributed by atoms with van der Waals surface area (Å²) in [7, 11) is 0. The first-order valence-electron chi connectivity index (χ1n) is 9.97. The number of halogens is 2. The van der Waals surface area contributed by atoms with Gasteiger partial charge >= 0.3 is 0 Å². The third-order valence-corrected chi connectivity index (χ3v) is 7.80. The Morgan fingerprint density at radius 2 is 2.10 bits per heavy atom. The number of aromatic nitrogens is 2. The average Bonchev–Trinajstić information content (AvgIpc) is 3.27. The Labute approximate surface area is 198 Å². The molecule has 4 aromatic rings. The van der Waals surface area contributed by atoms with Crippen LogP contribution in [0.4, 0.5) is 0 Å². The van der Waals surface area contributed by atoms with E-state index < -0.39 is 0 Å². The van der Waals surface area contributed by atoms with Crippen LogP contribution in [-0.4, -0.2) is 15.8 Å². The molecule has 0 aliphatic carbocycles. The average molecular weight is 513 g/mol. The second kappa shape index (κ2) is 9.35. The molecule has 2 aromatic carbocycles. The molecule has 31 heavy (non-hydrogen) atoms. The van der Waals surface area contributed by atoms with Gasteiger partial charge in [-0.05, 0) is 46.1 Å². The van der Waals surface area contributed by atoms with E-state index in [1.165, 1.54) is 0 Å². The number of aldehydes is 1. The summed E-state index contributed by atoms with van der Waals surface area (Å²) in [6.07, 6.45) is 3.59. The zero-order chi connectivity index (χ0) is 22.0. The number of fused-ring (bicyclic) bond motifs is 1. The molecule has 0 saturated carbocycles. The van der Waals surface area contributed by atoms with Gasteiger partial charge in [0.2, 0.25) is 0 Å². The molecular weight excluding hydrogens is 494 g/mol. The molecule has 0 aliphatic rings. The summed E-state index contributed by atoms with van der Waals surface area (Å²) in [6.45, 7) is 2.65. The van der Waals surface area contributed by atoms with Crippen molar-refractivity contribution in [3.8, 4) is 16.5 Å². The molecule has 2 heterocycles.